The standard InChI is InChI=1S/C39H45F3O/c1-3-5-6-7-25-43-37-24-23-35(38(41)39(37)42)32-19-17-31(18-20-32)34-22-21-33(26-36(34)40)30-15-13-29(14-16-30)28-11-9-27(8-4-2)10-12-28/h4,8,15,17-24,26-29H,3,5-7,9-14,16,25H2,1-2H3. The van der Waals surface area contributed by atoms with E-state index in [1.807, 2.05) is 12.1 Å². The summed E-state index contributed by atoms with van der Waals surface area (Å²) < 4.78 is 50.5. The highest BCUT2D eigenvalue weighted by Gasteiger charge is 2.28. The van der Waals surface area contributed by atoms with Crippen molar-refractivity contribution in [3.05, 3.63) is 95.8 Å². The fourth-order valence-corrected chi connectivity index (χ4v) is 6.98. The molecule has 0 heterocycles. The molecule has 1 saturated carbocycles. The number of benzene rings is 3. The average molecular weight is 587 g/mol. The van der Waals surface area contributed by atoms with E-state index in [2.05, 4.69) is 32.1 Å². The van der Waals surface area contributed by atoms with Crippen LogP contribution in [-0.2, 0) is 0 Å². The quantitative estimate of drug-likeness (QED) is 0.160. The van der Waals surface area contributed by atoms with Crippen molar-refractivity contribution in [2.24, 2.45) is 17.8 Å². The molecule has 2 aliphatic carbocycles. The number of unbranched alkanes of at least 4 members (excludes halogenated alkanes) is 3. The Balaban J connectivity index is 1.21. The van der Waals surface area contributed by atoms with E-state index in [9.17, 15) is 8.78 Å². The zero-order chi connectivity index (χ0) is 30.2. The molecule has 0 aliphatic heterocycles. The van der Waals surface area contributed by atoms with E-state index >= 15 is 4.39 Å². The third kappa shape index (κ3) is 7.63. The van der Waals surface area contributed by atoms with Gasteiger partial charge in [0.2, 0.25) is 5.82 Å². The summed E-state index contributed by atoms with van der Waals surface area (Å²) in [6.07, 6.45) is 19.4. The van der Waals surface area contributed by atoms with Gasteiger partial charge in [0.15, 0.2) is 11.6 Å². The van der Waals surface area contributed by atoms with E-state index < -0.39 is 11.6 Å². The number of hydrogen-bond acceptors (Lipinski definition) is 1. The van der Waals surface area contributed by atoms with E-state index in [0.717, 1.165) is 61.8 Å². The predicted molar refractivity (Wildman–Crippen MR) is 172 cm³/mol. The molecule has 0 saturated heterocycles. The molecule has 0 radical (unpaired) electrons. The van der Waals surface area contributed by atoms with Crippen LogP contribution in [0.1, 0.15) is 90.0 Å². The summed E-state index contributed by atoms with van der Waals surface area (Å²) in [5.74, 6) is 0.0840. The summed E-state index contributed by atoms with van der Waals surface area (Å²) in [7, 11) is 0. The minimum absolute atomic E-state index is 0.0627. The first-order chi connectivity index (χ1) is 21.0. The van der Waals surface area contributed by atoms with Crippen LogP contribution in [0.3, 0.4) is 0 Å². The molecule has 3 aromatic rings. The van der Waals surface area contributed by atoms with Gasteiger partial charge in [0.25, 0.3) is 0 Å². The van der Waals surface area contributed by atoms with Gasteiger partial charge in [-0.1, -0.05) is 80.8 Å². The normalized spacial score (nSPS) is 20.8. The second kappa shape index (κ2) is 14.9. The largest absolute Gasteiger partial charge is 0.490 e. The SMILES string of the molecule is CC=CC1CCC(C2CC=C(c3ccc(-c4ccc(-c5ccc(OCCCCCC)c(F)c5F)cc4)c(F)c3)CC2)CC1. The van der Waals surface area contributed by atoms with E-state index in [1.165, 1.54) is 43.7 Å². The zero-order valence-electron chi connectivity index (χ0n) is 25.7. The van der Waals surface area contributed by atoms with Crippen LogP contribution in [0.15, 0.2) is 72.8 Å². The first kappa shape index (κ1) is 31.2. The van der Waals surface area contributed by atoms with Crippen molar-refractivity contribution >= 4 is 5.57 Å². The molecular weight excluding hydrogens is 541 g/mol. The Hall–Kier alpha value is -3.27. The number of hydrogen-bond donors (Lipinski definition) is 0. The van der Waals surface area contributed by atoms with Crippen LogP contribution in [-0.4, -0.2) is 6.61 Å². The van der Waals surface area contributed by atoms with Crippen molar-refractivity contribution in [1.82, 2.24) is 0 Å². The summed E-state index contributed by atoms with van der Waals surface area (Å²) in [5.41, 5.74) is 4.09. The lowest BCUT2D eigenvalue weighted by Gasteiger charge is -2.34. The third-order valence-corrected chi connectivity index (χ3v) is 9.55. The van der Waals surface area contributed by atoms with Crippen molar-refractivity contribution in [2.45, 2.75) is 84.5 Å². The number of ether oxygens (including phenoxy) is 1. The Morgan fingerprint density at radius 2 is 1.44 bits per heavy atom. The maximum absolute atomic E-state index is 15.4. The van der Waals surface area contributed by atoms with Gasteiger partial charge in [0, 0.05) is 11.1 Å². The van der Waals surface area contributed by atoms with Gasteiger partial charge in [0.05, 0.1) is 6.61 Å². The molecule has 4 heteroatoms. The van der Waals surface area contributed by atoms with Crippen LogP contribution in [0.5, 0.6) is 5.75 Å². The van der Waals surface area contributed by atoms with Crippen molar-refractivity contribution in [3.8, 4) is 28.0 Å². The highest BCUT2D eigenvalue weighted by Crippen LogP contribution is 2.42. The first-order valence-corrected chi connectivity index (χ1v) is 16.3. The van der Waals surface area contributed by atoms with Gasteiger partial charge < -0.3 is 4.74 Å². The fourth-order valence-electron chi connectivity index (χ4n) is 6.98. The lowest BCUT2D eigenvalue weighted by atomic mass is 9.71. The van der Waals surface area contributed by atoms with Gasteiger partial charge in [-0.2, -0.15) is 4.39 Å². The molecular formula is C39H45F3O. The number of allylic oxidation sites excluding steroid dienone is 4. The summed E-state index contributed by atoms with van der Waals surface area (Å²) >= 11 is 0. The van der Waals surface area contributed by atoms with Gasteiger partial charge >= 0.3 is 0 Å². The second-order valence-electron chi connectivity index (χ2n) is 12.4. The maximum Gasteiger partial charge on any atom is 0.201 e. The third-order valence-electron chi connectivity index (χ3n) is 9.55. The topological polar surface area (TPSA) is 9.23 Å². The van der Waals surface area contributed by atoms with Crippen molar-refractivity contribution < 1.29 is 17.9 Å². The second-order valence-corrected chi connectivity index (χ2v) is 12.4. The van der Waals surface area contributed by atoms with Crippen molar-refractivity contribution in [2.75, 3.05) is 6.61 Å². The molecule has 0 N–H and O–H groups in total. The molecule has 1 unspecified atom stereocenters. The zero-order valence-corrected chi connectivity index (χ0v) is 25.7. The van der Waals surface area contributed by atoms with Gasteiger partial charge in [-0.15, -0.1) is 0 Å². The Morgan fingerprint density at radius 3 is 2.09 bits per heavy atom. The Kier molecular flexibility index (Phi) is 10.8. The van der Waals surface area contributed by atoms with E-state index in [0.29, 0.717) is 23.3 Å². The molecule has 43 heavy (non-hydrogen) atoms. The average Bonchev–Trinajstić information content (AvgIpc) is 3.04. The van der Waals surface area contributed by atoms with E-state index in [1.54, 1.807) is 36.4 Å². The fraction of sp³-hybridized carbons (Fsp3) is 0.436. The summed E-state index contributed by atoms with van der Waals surface area (Å²) in [6.45, 7) is 4.60. The van der Waals surface area contributed by atoms with Crippen LogP contribution in [0.2, 0.25) is 0 Å². The number of rotatable bonds is 11. The lowest BCUT2D eigenvalue weighted by Crippen LogP contribution is -2.22. The summed E-state index contributed by atoms with van der Waals surface area (Å²) in [5, 5.41) is 0. The molecule has 0 bridgehead atoms. The van der Waals surface area contributed by atoms with Crippen molar-refractivity contribution in [1.29, 1.82) is 0 Å². The van der Waals surface area contributed by atoms with E-state index in [4.69, 9.17) is 4.74 Å². The van der Waals surface area contributed by atoms with Gasteiger partial charge in [-0.3, -0.25) is 0 Å². The molecule has 0 spiro atoms. The molecule has 1 nitrogen and oxygen atoms in total. The molecule has 3 aromatic carbocycles. The molecule has 5 rings (SSSR count). The molecule has 1 atom stereocenters. The van der Waals surface area contributed by atoms with Crippen LogP contribution >= 0.6 is 0 Å². The first-order valence-electron chi connectivity index (χ1n) is 16.3. The highest BCUT2D eigenvalue weighted by molar-refractivity contribution is 5.74. The molecule has 0 amide bonds. The lowest BCUT2D eigenvalue weighted by molar-refractivity contribution is 0.212. The highest BCUT2D eigenvalue weighted by atomic mass is 19.2. The summed E-state index contributed by atoms with van der Waals surface area (Å²) in [4.78, 5) is 0. The maximum atomic E-state index is 15.4. The Labute approximate surface area is 255 Å². The van der Waals surface area contributed by atoms with Crippen LogP contribution in [0.25, 0.3) is 27.8 Å². The molecule has 0 aromatic heterocycles. The minimum atomic E-state index is -0.973. The molecule has 1 fully saturated rings. The van der Waals surface area contributed by atoms with Crippen molar-refractivity contribution in [3.63, 3.8) is 0 Å². The van der Waals surface area contributed by atoms with Gasteiger partial charge in [-0.25, -0.2) is 8.78 Å². The van der Waals surface area contributed by atoms with E-state index in [-0.39, 0.29) is 17.1 Å². The van der Waals surface area contributed by atoms with Gasteiger partial charge in [-0.05, 0) is 117 Å². The molecule has 2 aliphatic rings. The Bertz CT molecular complexity index is 1410. The van der Waals surface area contributed by atoms with Crippen LogP contribution in [0, 0.1) is 35.2 Å². The monoisotopic (exact) mass is 586 g/mol. The predicted octanol–water partition coefficient (Wildman–Crippen LogP) is 12.0. The minimum Gasteiger partial charge on any atom is -0.490 e. The smallest absolute Gasteiger partial charge is 0.201 e. The van der Waals surface area contributed by atoms with Crippen LogP contribution < -0.4 is 4.74 Å². The summed E-state index contributed by atoms with van der Waals surface area (Å²) in [6, 6.07) is 15.5. The van der Waals surface area contributed by atoms with Crippen LogP contribution in [0.4, 0.5) is 13.2 Å². The van der Waals surface area contributed by atoms with Gasteiger partial charge in [0.1, 0.15) is 5.82 Å². The Morgan fingerprint density at radius 1 is 0.744 bits per heavy atom. The molecule has 228 valence electrons. The number of halogens is 3.